The second kappa shape index (κ2) is 10.6. The molecular weight excluding hydrogens is 420 g/mol. The fourth-order valence-corrected chi connectivity index (χ4v) is 5.41. The first-order chi connectivity index (χ1) is 14.9. The third-order valence-electron chi connectivity index (χ3n) is 5.42. The highest BCUT2D eigenvalue weighted by molar-refractivity contribution is 7.89. The first kappa shape index (κ1) is 23.0. The van der Waals surface area contributed by atoms with Gasteiger partial charge in [-0.3, -0.25) is 10.0 Å². The van der Waals surface area contributed by atoms with E-state index < -0.39 is 16.1 Å². The number of aromatic hydroxyl groups is 1. The lowest BCUT2D eigenvalue weighted by Gasteiger charge is -2.35. The average Bonchev–Trinajstić information content (AvgIpc) is 2.79. The molecule has 0 saturated carbocycles. The summed E-state index contributed by atoms with van der Waals surface area (Å²) in [6.07, 6.45) is 3.38. The number of amides is 1. The molecule has 0 bridgehead atoms. The van der Waals surface area contributed by atoms with Crippen LogP contribution in [-0.2, 0) is 21.2 Å². The van der Waals surface area contributed by atoms with Crippen molar-refractivity contribution in [3.63, 3.8) is 0 Å². The van der Waals surface area contributed by atoms with E-state index in [1.54, 1.807) is 12.1 Å². The Bertz CT molecular complexity index is 932. The number of nitrogens with zero attached hydrogens (tertiary/aromatic N) is 4. The third kappa shape index (κ3) is 6.39. The van der Waals surface area contributed by atoms with Crippen molar-refractivity contribution in [1.29, 1.82) is 0 Å². The van der Waals surface area contributed by atoms with Crippen LogP contribution < -0.4 is 4.90 Å². The van der Waals surface area contributed by atoms with Crippen molar-refractivity contribution >= 4 is 22.3 Å². The summed E-state index contributed by atoms with van der Waals surface area (Å²) in [5.41, 5.74) is 1.12. The van der Waals surface area contributed by atoms with Crippen molar-refractivity contribution in [3.8, 4) is 5.75 Å². The molecule has 1 fully saturated rings. The molecule has 1 aliphatic heterocycles. The predicted molar refractivity (Wildman–Crippen MR) is 116 cm³/mol. The largest absolute Gasteiger partial charge is 0.506 e. The number of rotatable bonds is 10. The van der Waals surface area contributed by atoms with Gasteiger partial charge in [0, 0.05) is 26.2 Å². The maximum atomic E-state index is 12.9. The summed E-state index contributed by atoms with van der Waals surface area (Å²) in [5.74, 6) is 0.428. The second-order valence-corrected chi connectivity index (χ2v) is 9.57. The molecule has 1 unspecified atom stereocenters. The highest BCUT2D eigenvalue weighted by Crippen LogP contribution is 2.19. The normalized spacial score (nSPS) is 16.1. The SMILES string of the molecule is O=CN(O)C(CCCc1ccccc1)CS(=O)(=O)N1CCN(c2ccc(O)cn2)CC1. The quantitative estimate of drug-likeness (QED) is 0.321. The van der Waals surface area contributed by atoms with E-state index in [-0.39, 0.29) is 31.0 Å². The summed E-state index contributed by atoms with van der Waals surface area (Å²) in [5, 5.41) is 19.8. The van der Waals surface area contributed by atoms with Crippen LogP contribution in [0.4, 0.5) is 5.82 Å². The summed E-state index contributed by atoms with van der Waals surface area (Å²) in [7, 11) is -3.66. The van der Waals surface area contributed by atoms with E-state index in [2.05, 4.69) is 4.98 Å². The summed E-state index contributed by atoms with van der Waals surface area (Å²) in [6, 6.07) is 12.2. The van der Waals surface area contributed by atoms with E-state index in [1.165, 1.54) is 10.5 Å². The lowest BCUT2D eigenvalue weighted by molar-refractivity contribution is -0.158. The van der Waals surface area contributed by atoms with Crippen LogP contribution in [0, 0.1) is 0 Å². The Morgan fingerprint density at radius 1 is 1.10 bits per heavy atom. The van der Waals surface area contributed by atoms with Gasteiger partial charge in [0.2, 0.25) is 16.4 Å². The number of sulfonamides is 1. The van der Waals surface area contributed by atoms with E-state index in [1.807, 2.05) is 35.2 Å². The Balaban J connectivity index is 1.56. The van der Waals surface area contributed by atoms with Crippen molar-refractivity contribution in [2.24, 2.45) is 0 Å². The number of aryl methyl sites for hydroxylation is 1. The van der Waals surface area contributed by atoms with Gasteiger partial charge in [-0.1, -0.05) is 30.3 Å². The fraction of sp³-hybridized carbons (Fsp3) is 0.429. The molecule has 1 aliphatic rings. The van der Waals surface area contributed by atoms with Gasteiger partial charge in [-0.25, -0.2) is 18.5 Å². The molecule has 1 aromatic carbocycles. The molecule has 168 valence electrons. The van der Waals surface area contributed by atoms with E-state index in [9.17, 15) is 23.5 Å². The van der Waals surface area contributed by atoms with Crippen LogP contribution >= 0.6 is 0 Å². The summed E-state index contributed by atoms with van der Waals surface area (Å²) in [4.78, 5) is 17.2. The van der Waals surface area contributed by atoms with Crippen molar-refractivity contribution in [1.82, 2.24) is 14.4 Å². The number of hydrogen-bond donors (Lipinski definition) is 2. The van der Waals surface area contributed by atoms with Crippen LogP contribution in [0.1, 0.15) is 18.4 Å². The predicted octanol–water partition coefficient (Wildman–Crippen LogP) is 1.48. The maximum absolute atomic E-state index is 12.9. The molecule has 2 heterocycles. The van der Waals surface area contributed by atoms with Gasteiger partial charge in [-0.15, -0.1) is 0 Å². The van der Waals surface area contributed by atoms with Gasteiger partial charge in [0.05, 0.1) is 18.0 Å². The summed E-state index contributed by atoms with van der Waals surface area (Å²) in [6.45, 7) is 1.50. The molecule has 2 aromatic rings. The Morgan fingerprint density at radius 2 is 1.81 bits per heavy atom. The number of hydrogen-bond acceptors (Lipinski definition) is 7. The first-order valence-corrected chi connectivity index (χ1v) is 11.8. The second-order valence-electron chi connectivity index (χ2n) is 7.56. The number of piperazine rings is 1. The van der Waals surface area contributed by atoms with Crippen LogP contribution in [0.2, 0.25) is 0 Å². The van der Waals surface area contributed by atoms with Crippen molar-refractivity contribution in [2.75, 3.05) is 36.8 Å². The van der Waals surface area contributed by atoms with Gasteiger partial charge in [0.1, 0.15) is 11.6 Å². The molecular formula is C21H28N4O5S. The minimum absolute atomic E-state index is 0.0759. The van der Waals surface area contributed by atoms with Gasteiger partial charge in [-0.05, 0) is 37.0 Å². The minimum atomic E-state index is -3.66. The zero-order chi connectivity index (χ0) is 22.3. The van der Waals surface area contributed by atoms with E-state index in [0.717, 1.165) is 12.0 Å². The Morgan fingerprint density at radius 3 is 2.42 bits per heavy atom. The molecule has 3 rings (SSSR count). The van der Waals surface area contributed by atoms with Crippen LogP contribution in [0.5, 0.6) is 5.75 Å². The van der Waals surface area contributed by atoms with Crippen molar-refractivity contribution in [2.45, 2.75) is 25.3 Å². The summed E-state index contributed by atoms with van der Waals surface area (Å²) < 4.78 is 27.3. The number of anilines is 1. The molecule has 1 amide bonds. The standard InChI is InChI=1S/C21H28N4O5S/c26-17-25(28)19(8-4-7-18-5-2-1-3-6-18)16-31(29,30)24-13-11-23(12-14-24)21-10-9-20(27)15-22-21/h1-3,5-6,9-10,15,17,19,27-28H,4,7-8,11-14,16H2. The molecule has 0 aliphatic carbocycles. The van der Waals surface area contributed by atoms with Crippen molar-refractivity contribution in [3.05, 3.63) is 54.2 Å². The van der Waals surface area contributed by atoms with Gasteiger partial charge in [-0.2, -0.15) is 4.31 Å². The van der Waals surface area contributed by atoms with Gasteiger partial charge in [0.15, 0.2) is 0 Å². The number of carbonyl (C=O) groups excluding carboxylic acids is 1. The highest BCUT2D eigenvalue weighted by atomic mass is 32.2. The van der Waals surface area contributed by atoms with E-state index in [0.29, 0.717) is 36.8 Å². The molecule has 9 nitrogen and oxygen atoms in total. The van der Waals surface area contributed by atoms with Crippen LogP contribution in [0.3, 0.4) is 0 Å². The average molecular weight is 449 g/mol. The molecule has 0 spiro atoms. The Hall–Kier alpha value is -2.69. The Kier molecular flexibility index (Phi) is 7.83. The third-order valence-corrected chi connectivity index (χ3v) is 7.38. The number of hydroxylamine groups is 2. The summed E-state index contributed by atoms with van der Waals surface area (Å²) >= 11 is 0. The van der Waals surface area contributed by atoms with E-state index in [4.69, 9.17) is 0 Å². The van der Waals surface area contributed by atoms with Gasteiger partial charge < -0.3 is 10.0 Å². The van der Waals surface area contributed by atoms with Crippen LogP contribution in [0.15, 0.2) is 48.7 Å². The van der Waals surface area contributed by atoms with Crippen LogP contribution in [-0.4, -0.2) is 77.5 Å². The fourth-order valence-electron chi connectivity index (χ4n) is 3.67. The molecule has 0 radical (unpaired) electrons. The maximum Gasteiger partial charge on any atom is 0.233 e. The van der Waals surface area contributed by atoms with E-state index >= 15 is 0 Å². The molecule has 2 N–H and O–H groups in total. The number of carbonyl (C=O) groups is 1. The first-order valence-electron chi connectivity index (χ1n) is 10.2. The molecule has 1 saturated heterocycles. The molecule has 1 aromatic heterocycles. The Labute approximate surface area is 182 Å². The number of aromatic nitrogens is 1. The van der Waals surface area contributed by atoms with Crippen molar-refractivity contribution < 1.29 is 23.5 Å². The van der Waals surface area contributed by atoms with Gasteiger partial charge >= 0.3 is 0 Å². The van der Waals surface area contributed by atoms with Crippen LogP contribution in [0.25, 0.3) is 0 Å². The monoisotopic (exact) mass is 448 g/mol. The zero-order valence-corrected chi connectivity index (χ0v) is 18.1. The minimum Gasteiger partial charge on any atom is -0.506 e. The smallest absolute Gasteiger partial charge is 0.233 e. The zero-order valence-electron chi connectivity index (χ0n) is 17.2. The van der Waals surface area contributed by atoms with Gasteiger partial charge in [0.25, 0.3) is 0 Å². The molecule has 1 atom stereocenters. The number of benzene rings is 1. The lowest BCUT2D eigenvalue weighted by Crippen LogP contribution is -2.51. The number of pyridine rings is 1. The highest BCUT2D eigenvalue weighted by Gasteiger charge is 2.31. The lowest BCUT2D eigenvalue weighted by atomic mass is 10.1. The topological polar surface area (TPSA) is 114 Å². The molecule has 10 heteroatoms. The molecule has 31 heavy (non-hydrogen) atoms.